The molecule has 7 fully saturated rings. The van der Waals surface area contributed by atoms with Crippen LogP contribution in [0.1, 0.15) is 32.1 Å². The van der Waals surface area contributed by atoms with Crippen molar-refractivity contribution in [1.82, 2.24) is 0 Å². The van der Waals surface area contributed by atoms with Crippen LogP contribution < -0.4 is 0 Å². The number of allylic oxidation sites excluding steroid dienone is 2. The summed E-state index contributed by atoms with van der Waals surface area (Å²) < 4.78 is 0. The molecule has 0 nitrogen and oxygen atoms in total. The van der Waals surface area contributed by atoms with E-state index in [-0.39, 0.29) is 0 Å². The molecule has 16 heavy (non-hydrogen) atoms. The Labute approximate surface area is 96.5 Å². The molecule has 0 heteroatoms. The largest absolute Gasteiger partial charge is 0.0624 e. The second kappa shape index (κ2) is 1.68. The number of fused-ring (bicyclic) bond motifs is 10. The van der Waals surface area contributed by atoms with Crippen molar-refractivity contribution in [2.24, 2.45) is 52.8 Å². The number of hydrogen-bond acceptors (Lipinski definition) is 0. The zero-order valence-electron chi connectivity index (χ0n) is 9.65. The Morgan fingerprint density at radius 1 is 0.938 bits per heavy atom. The number of hydrogen-bond donors (Lipinski definition) is 0. The summed E-state index contributed by atoms with van der Waals surface area (Å²) in [4.78, 5) is 0. The van der Waals surface area contributed by atoms with Gasteiger partial charge in [0.2, 0.25) is 0 Å². The molecule has 2 bridgehead atoms. The first-order chi connectivity index (χ1) is 7.92. The molecule has 0 radical (unpaired) electrons. The summed E-state index contributed by atoms with van der Waals surface area (Å²) in [5.41, 5.74) is 5.07. The third-order valence-corrected chi connectivity index (χ3v) is 8.57. The third-order valence-electron chi connectivity index (χ3n) is 8.57. The molecule has 9 unspecified atom stereocenters. The highest BCUT2D eigenvalue weighted by molar-refractivity contribution is 5.59. The monoisotopic (exact) mass is 210 g/mol. The highest BCUT2D eigenvalue weighted by Gasteiger charge is 2.84. The average Bonchev–Trinajstić information content (AvgIpc) is 2.75. The Morgan fingerprint density at radius 2 is 1.88 bits per heavy atom. The van der Waals surface area contributed by atoms with Crippen LogP contribution in [0.3, 0.4) is 0 Å². The molecule has 0 amide bonds. The van der Waals surface area contributed by atoms with Crippen molar-refractivity contribution < 1.29 is 0 Å². The maximum Gasteiger partial charge on any atom is -0.00424 e. The van der Waals surface area contributed by atoms with Crippen molar-refractivity contribution in [2.75, 3.05) is 0 Å². The Morgan fingerprint density at radius 3 is 2.69 bits per heavy atom. The summed E-state index contributed by atoms with van der Waals surface area (Å²) in [7, 11) is 0. The molecule has 0 N–H and O–H groups in total. The topological polar surface area (TPSA) is 0 Å². The van der Waals surface area contributed by atoms with E-state index in [1.54, 1.807) is 32.1 Å². The van der Waals surface area contributed by atoms with E-state index in [0.29, 0.717) is 0 Å². The lowest BCUT2D eigenvalue weighted by Gasteiger charge is -2.84. The molecule has 0 saturated heterocycles. The maximum atomic E-state index is 2.10. The molecule has 8 rings (SSSR count). The molecule has 0 aromatic carbocycles. The smallest absolute Gasteiger partial charge is 0.00424 e. The lowest BCUT2D eigenvalue weighted by molar-refractivity contribution is -0.240. The molecule has 7 saturated carbocycles. The Kier molecular flexibility index (Phi) is 0.758. The quantitative estimate of drug-likeness (QED) is 0.538. The molecule has 0 aromatic heterocycles. The summed E-state index contributed by atoms with van der Waals surface area (Å²) in [6.45, 7) is 0. The van der Waals surface area contributed by atoms with Gasteiger partial charge in [0.15, 0.2) is 0 Å². The fourth-order valence-electron chi connectivity index (χ4n) is 8.19. The van der Waals surface area contributed by atoms with Crippen LogP contribution in [-0.2, 0) is 0 Å². The van der Waals surface area contributed by atoms with Gasteiger partial charge in [-0.1, -0.05) is 11.1 Å². The van der Waals surface area contributed by atoms with Crippen LogP contribution >= 0.6 is 0 Å². The summed E-state index contributed by atoms with van der Waals surface area (Å²) in [6, 6.07) is 0. The van der Waals surface area contributed by atoms with Crippen LogP contribution in [0.15, 0.2) is 11.1 Å². The summed E-state index contributed by atoms with van der Waals surface area (Å²) >= 11 is 0. The highest BCUT2D eigenvalue weighted by Crippen LogP contribution is 2.91. The molecule has 0 aromatic rings. The summed E-state index contributed by atoms with van der Waals surface area (Å²) in [5.74, 6) is 9.64. The van der Waals surface area contributed by atoms with E-state index in [1.165, 1.54) is 47.3 Å². The first kappa shape index (κ1) is 7.24. The lowest BCUT2D eigenvalue weighted by Crippen LogP contribution is -2.78. The molecule has 0 aliphatic heterocycles. The van der Waals surface area contributed by atoms with Crippen LogP contribution in [0, 0.1) is 52.8 Å². The van der Waals surface area contributed by atoms with E-state index >= 15 is 0 Å². The highest BCUT2D eigenvalue weighted by atomic mass is 14.9. The minimum Gasteiger partial charge on any atom is -0.0624 e. The Bertz CT molecular complexity index is 496. The van der Waals surface area contributed by atoms with Gasteiger partial charge in [-0.05, 0) is 84.9 Å². The Hall–Kier alpha value is -0.260. The van der Waals surface area contributed by atoms with Gasteiger partial charge in [0, 0.05) is 0 Å². The van der Waals surface area contributed by atoms with Crippen molar-refractivity contribution in [2.45, 2.75) is 32.1 Å². The normalized spacial score (nSPS) is 78.0. The molecule has 1 spiro atoms. The van der Waals surface area contributed by atoms with Gasteiger partial charge in [0.05, 0.1) is 0 Å². The second-order valence-electron chi connectivity index (χ2n) is 8.11. The molecule has 0 heterocycles. The molecular weight excluding hydrogens is 192 g/mol. The lowest BCUT2D eigenvalue weighted by atomic mass is 9.20. The first-order valence-corrected chi connectivity index (χ1v) is 7.66. The van der Waals surface area contributed by atoms with Gasteiger partial charge in [-0.2, -0.15) is 0 Å². The van der Waals surface area contributed by atoms with Crippen LogP contribution in [0.4, 0.5) is 0 Å². The van der Waals surface area contributed by atoms with Crippen molar-refractivity contribution >= 4 is 0 Å². The Balaban J connectivity index is 1.43. The van der Waals surface area contributed by atoms with E-state index in [4.69, 9.17) is 0 Å². The van der Waals surface area contributed by atoms with Gasteiger partial charge in [-0.3, -0.25) is 0 Å². The predicted molar refractivity (Wildman–Crippen MR) is 60.5 cm³/mol. The van der Waals surface area contributed by atoms with Crippen LogP contribution in [0.5, 0.6) is 0 Å². The van der Waals surface area contributed by atoms with Crippen molar-refractivity contribution in [3.8, 4) is 0 Å². The van der Waals surface area contributed by atoms with Crippen molar-refractivity contribution in [3.63, 3.8) is 0 Å². The minimum atomic E-state index is 0.876. The summed E-state index contributed by atoms with van der Waals surface area (Å²) in [5, 5.41) is 0. The second-order valence-corrected chi connectivity index (χ2v) is 8.11. The molecule has 82 valence electrons. The van der Waals surface area contributed by atoms with Crippen molar-refractivity contribution in [1.29, 1.82) is 0 Å². The van der Waals surface area contributed by atoms with Gasteiger partial charge in [0.1, 0.15) is 0 Å². The zero-order valence-corrected chi connectivity index (χ0v) is 9.65. The van der Waals surface area contributed by atoms with Gasteiger partial charge < -0.3 is 0 Å². The van der Waals surface area contributed by atoms with Crippen LogP contribution in [0.2, 0.25) is 0 Å². The fraction of sp³-hybridized carbons (Fsp3) is 0.875. The minimum absolute atomic E-state index is 0.876. The van der Waals surface area contributed by atoms with Crippen molar-refractivity contribution in [3.05, 3.63) is 11.1 Å². The maximum absolute atomic E-state index is 2.10. The van der Waals surface area contributed by atoms with Crippen LogP contribution in [-0.4, -0.2) is 0 Å². The van der Waals surface area contributed by atoms with E-state index in [2.05, 4.69) is 11.1 Å². The molecular formula is C16H18. The van der Waals surface area contributed by atoms with Gasteiger partial charge in [-0.15, -0.1) is 0 Å². The third kappa shape index (κ3) is 0.389. The van der Waals surface area contributed by atoms with E-state index < -0.39 is 0 Å². The summed E-state index contributed by atoms with van der Waals surface area (Å²) in [6.07, 6.45) is 8.05. The van der Waals surface area contributed by atoms with E-state index in [0.717, 1.165) is 5.41 Å². The molecule has 8 aliphatic carbocycles. The van der Waals surface area contributed by atoms with E-state index in [9.17, 15) is 0 Å². The number of rotatable bonds is 0. The molecule has 9 atom stereocenters. The fourth-order valence-corrected chi connectivity index (χ4v) is 8.19. The van der Waals surface area contributed by atoms with Gasteiger partial charge in [0.25, 0.3) is 0 Å². The van der Waals surface area contributed by atoms with Crippen LogP contribution in [0.25, 0.3) is 0 Å². The SMILES string of the molecule is C1CC23CC1C2C1C3=C2C3C4CCC4C3C21. The van der Waals surface area contributed by atoms with Gasteiger partial charge in [-0.25, -0.2) is 0 Å². The standard InChI is InChI=1S/C16H18/c1-2-8-7(1)9-10(8)12-11(9)13-14-6-3-4-16(14,5-6)15(12)13/h6-11,13-14H,1-5H2. The predicted octanol–water partition coefficient (Wildman–Crippen LogP) is 3.24. The van der Waals surface area contributed by atoms with E-state index in [1.807, 2.05) is 0 Å². The zero-order chi connectivity index (χ0) is 9.81. The molecule has 8 aliphatic rings. The van der Waals surface area contributed by atoms with Gasteiger partial charge >= 0.3 is 0 Å². The first-order valence-electron chi connectivity index (χ1n) is 7.66. The average molecular weight is 210 g/mol.